The SMILES string of the molecule is [Ir].[c-]1ccc2c(oc3ccccc32)c1-c1nc2cncnc2n1-c1ccccc1.[c-]1ccccc1-c1ccccn1. The largest absolute Gasteiger partial charge is 0.501 e. The molecule has 0 amide bonds. The molecule has 4 heterocycles. The van der Waals surface area contributed by atoms with E-state index in [1.54, 1.807) is 18.7 Å². The van der Waals surface area contributed by atoms with Gasteiger partial charge in [0.25, 0.3) is 0 Å². The standard InChI is InChI=1S/C23H13N4O.C11H8N.Ir/c1-2-7-15(8-3-1)27-22(26-19-13-24-14-25-23(19)27)18-11-6-10-17-16-9-4-5-12-20(16)28-21(17)18;1-2-6-10(7-3-1)11-8-4-5-9-12-11;/h1-10,12-14H;1-6,8-9H;/q2*-1;. The number of nitrogens with zero attached hydrogens (tertiary/aromatic N) is 5. The second kappa shape index (κ2) is 11.6. The molecule has 8 rings (SSSR count). The van der Waals surface area contributed by atoms with Crippen molar-refractivity contribution >= 4 is 33.1 Å². The fraction of sp³-hybridized carbons (Fsp3) is 0. The fourth-order valence-corrected chi connectivity index (χ4v) is 4.75. The molecule has 0 bridgehead atoms. The van der Waals surface area contributed by atoms with Gasteiger partial charge in [-0.05, 0) is 30.0 Å². The van der Waals surface area contributed by atoms with Gasteiger partial charge in [0.2, 0.25) is 0 Å². The predicted octanol–water partition coefficient (Wildman–Crippen LogP) is 7.73. The number of benzene rings is 4. The number of pyridine rings is 1. The van der Waals surface area contributed by atoms with Crippen molar-refractivity contribution in [1.82, 2.24) is 24.5 Å². The molecule has 1 radical (unpaired) electrons. The minimum absolute atomic E-state index is 0. The van der Waals surface area contributed by atoms with E-state index in [0.29, 0.717) is 0 Å². The Labute approximate surface area is 249 Å². The number of rotatable bonds is 3. The first-order chi connectivity index (χ1) is 19.9. The van der Waals surface area contributed by atoms with Crippen LogP contribution in [0.2, 0.25) is 0 Å². The summed E-state index contributed by atoms with van der Waals surface area (Å²) in [6.45, 7) is 0. The van der Waals surface area contributed by atoms with E-state index in [4.69, 9.17) is 9.40 Å². The van der Waals surface area contributed by atoms with Crippen molar-refractivity contribution in [1.29, 1.82) is 0 Å². The zero-order valence-electron chi connectivity index (χ0n) is 21.6. The van der Waals surface area contributed by atoms with E-state index in [9.17, 15) is 0 Å². The first-order valence-corrected chi connectivity index (χ1v) is 12.8. The van der Waals surface area contributed by atoms with Crippen LogP contribution >= 0.6 is 0 Å². The number of fused-ring (bicyclic) bond motifs is 4. The Kier molecular flexibility index (Phi) is 7.46. The maximum Gasteiger partial charge on any atom is 0.158 e. The van der Waals surface area contributed by atoms with E-state index in [1.807, 2.05) is 108 Å². The molecule has 41 heavy (non-hydrogen) atoms. The van der Waals surface area contributed by atoms with Gasteiger partial charge in [-0.1, -0.05) is 59.5 Å². The molecule has 4 aromatic heterocycles. The number of para-hydroxylation sites is 2. The monoisotopic (exact) mass is 708 g/mol. The van der Waals surface area contributed by atoms with Crippen molar-refractivity contribution in [3.63, 3.8) is 0 Å². The molecule has 0 N–H and O–H groups in total. The van der Waals surface area contributed by atoms with Crippen LogP contribution in [0.3, 0.4) is 0 Å². The second-order valence-electron chi connectivity index (χ2n) is 9.02. The van der Waals surface area contributed by atoms with Crippen molar-refractivity contribution in [3.05, 3.63) is 140 Å². The van der Waals surface area contributed by atoms with Gasteiger partial charge in [0, 0.05) is 37.4 Å². The van der Waals surface area contributed by atoms with Gasteiger partial charge in [0.05, 0.1) is 17.6 Å². The molecule has 0 aliphatic rings. The molecule has 0 fully saturated rings. The van der Waals surface area contributed by atoms with Crippen LogP contribution in [0.5, 0.6) is 0 Å². The summed E-state index contributed by atoms with van der Waals surface area (Å²) in [6, 6.07) is 42.2. The number of imidazole rings is 1. The summed E-state index contributed by atoms with van der Waals surface area (Å²) < 4.78 is 8.23. The van der Waals surface area contributed by atoms with Gasteiger partial charge in [-0.15, -0.1) is 54.1 Å². The molecule has 0 aliphatic heterocycles. The molecule has 199 valence electrons. The van der Waals surface area contributed by atoms with Gasteiger partial charge in [0.15, 0.2) is 5.65 Å². The summed E-state index contributed by atoms with van der Waals surface area (Å²) in [7, 11) is 0. The molecule has 0 unspecified atom stereocenters. The van der Waals surface area contributed by atoms with E-state index in [-0.39, 0.29) is 20.1 Å². The Bertz CT molecular complexity index is 2020. The van der Waals surface area contributed by atoms with E-state index >= 15 is 0 Å². The van der Waals surface area contributed by atoms with E-state index in [1.165, 1.54) is 0 Å². The van der Waals surface area contributed by atoms with Crippen molar-refractivity contribution < 1.29 is 24.5 Å². The van der Waals surface area contributed by atoms with Gasteiger partial charge in [-0.25, -0.2) is 9.97 Å². The molecule has 0 saturated carbocycles. The Morgan fingerprint density at radius 3 is 2.37 bits per heavy atom. The molecule has 8 aromatic rings. The summed E-state index contributed by atoms with van der Waals surface area (Å²) in [5.41, 5.74) is 6.87. The van der Waals surface area contributed by atoms with Gasteiger partial charge < -0.3 is 14.0 Å². The van der Waals surface area contributed by atoms with Crippen LogP contribution in [0, 0.1) is 12.1 Å². The van der Waals surface area contributed by atoms with Crippen LogP contribution in [0.25, 0.3) is 61.4 Å². The molecule has 0 spiro atoms. The molecular formula is C34H21IrN5O-2. The third kappa shape index (κ3) is 5.05. The molecule has 6 nitrogen and oxygen atoms in total. The average Bonchev–Trinajstić information content (AvgIpc) is 3.62. The zero-order chi connectivity index (χ0) is 26.7. The van der Waals surface area contributed by atoms with Crippen molar-refractivity contribution in [2.75, 3.05) is 0 Å². The summed E-state index contributed by atoms with van der Waals surface area (Å²) in [5, 5.41) is 2.12. The van der Waals surface area contributed by atoms with Crippen LogP contribution in [-0.4, -0.2) is 24.5 Å². The average molecular weight is 708 g/mol. The smallest absolute Gasteiger partial charge is 0.158 e. The summed E-state index contributed by atoms with van der Waals surface area (Å²) >= 11 is 0. The van der Waals surface area contributed by atoms with Gasteiger partial charge in [-0.3, -0.25) is 4.98 Å². The fourth-order valence-electron chi connectivity index (χ4n) is 4.75. The minimum atomic E-state index is 0. The maximum atomic E-state index is 6.20. The third-order valence-electron chi connectivity index (χ3n) is 6.55. The van der Waals surface area contributed by atoms with Crippen LogP contribution in [0.4, 0.5) is 0 Å². The molecule has 0 atom stereocenters. The van der Waals surface area contributed by atoms with Crippen LogP contribution < -0.4 is 0 Å². The topological polar surface area (TPSA) is 69.6 Å². The normalized spacial score (nSPS) is 10.7. The van der Waals surface area contributed by atoms with Crippen LogP contribution in [-0.2, 0) is 20.1 Å². The Balaban J connectivity index is 0.000000196. The van der Waals surface area contributed by atoms with E-state index < -0.39 is 0 Å². The van der Waals surface area contributed by atoms with Crippen molar-refractivity contribution in [3.8, 4) is 28.3 Å². The Morgan fingerprint density at radius 2 is 1.54 bits per heavy atom. The minimum Gasteiger partial charge on any atom is -0.501 e. The first kappa shape index (κ1) is 26.3. The van der Waals surface area contributed by atoms with E-state index in [0.717, 1.165) is 61.4 Å². The zero-order valence-corrected chi connectivity index (χ0v) is 24.0. The maximum absolute atomic E-state index is 6.20. The third-order valence-corrected chi connectivity index (χ3v) is 6.55. The van der Waals surface area contributed by atoms with Crippen molar-refractivity contribution in [2.45, 2.75) is 0 Å². The molecule has 0 aliphatic carbocycles. The molecule has 7 heteroatoms. The summed E-state index contributed by atoms with van der Waals surface area (Å²) in [4.78, 5) is 17.6. The quantitative estimate of drug-likeness (QED) is 0.176. The molecule has 4 aromatic carbocycles. The van der Waals surface area contributed by atoms with Crippen LogP contribution in [0.1, 0.15) is 0 Å². The number of furan rings is 1. The second-order valence-corrected chi connectivity index (χ2v) is 9.02. The first-order valence-electron chi connectivity index (χ1n) is 12.8. The number of aromatic nitrogens is 5. The summed E-state index contributed by atoms with van der Waals surface area (Å²) in [6.07, 6.45) is 5.05. The predicted molar refractivity (Wildman–Crippen MR) is 157 cm³/mol. The molecular weight excluding hydrogens is 687 g/mol. The van der Waals surface area contributed by atoms with Gasteiger partial charge in [-0.2, -0.15) is 0 Å². The Morgan fingerprint density at radius 1 is 0.707 bits per heavy atom. The van der Waals surface area contributed by atoms with Gasteiger partial charge >= 0.3 is 0 Å². The van der Waals surface area contributed by atoms with Crippen molar-refractivity contribution in [2.24, 2.45) is 0 Å². The number of hydrogen-bond acceptors (Lipinski definition) is 5. The number of hydrogen-bond donors (Lipinski definition) is 0. The molecule has 0 saturated heterocycles. The van der Waals surface area contributed by atoms with E-state index in [2.05, 4.69) is 33.2 Å². The van der Waals surface area contributed by atoms with Crippen LogP contribution in [0.15, 0.2) is 132 Å². The Hall–Kier alpha value is -4.97. The summed E-state index contributed by atoms with van der Waals surface area (Å²) in [5.74, 6) is 0.728. The van der Waals surface area contributed by atoms with Gasteiger partial charge in [0.1, 0.15) is 17.4 Å².